The maximum absolute atomic E-state index is 5.60. The lowest BCUT2D eigenvalue weighted by molar-refractivity contribution is 0.232. The topological polar surface area (TPSA) is 50.3 Å². The summed E-state index contributed by atoms with van der Waals surface area (Å²) in [5.41, 5.74) is 0. The third-order valence-corrected chi connectivity index (χ3v) is 3.25. The molecule has 0 amide bonds. The Balaban J connectivity index is 1.95. The molecule has 1 unspecified atom stereocenters. The van der Waals surface area contributed by atoms with Crippen LogP contribution in [0.1, 0.15) is 26.7 Å². The van der Waals surface area contributed by atoms with Gasteiger partial charge in [0.25, 0.3) is 0 Å². The van der Waals surface area contributed by atoms with Crippen LogP contribution in [0.5, 0.6) is 5.88 Å². The van der Waals surface area contributed by atoms with E-state index in [1.54, 1.807) is 12.3 Å². The Morgan fingerprint density at radius 3 is 3.05 bits per heavy atom. The van der Waals surface area contributed by atoms with Gasteiger partial charge in [0.05, 0.1) is 6.10 Å². The van der Waals surface area contributed by atoms with E-state index in [0.29, 0.717) is 11.8 Å². The van der Waals surface area contributed by atoms with Gasteiger partial charge in [0.1, 0.15) is 0 Å². The van der Waals surface area contributed by atoms with Crippen LogP contribution in [0.15, 0.2) is 12.3 Å². The SMILES string of the molecule is CC(C)Oc1ccnc(N(C)CC2CCCNC2)n1. The van der Waals surface area contributed by atoms with E-state index in [1.807, 2.05) is 20.9 Å². The van der Waals surface area contributed by atoms with E-state index in [4.69, 9.17) is 4.74 Å². The molecule has 1 aliphatic heterocycles. The summed E-state index contributed by atoms with van der Waals surface area (Å²) in [5.74, 6) is 2.06. The van der Waals surface area contributed by atoms with Gasteiger partial charge < -0.3 is 15.0 Å². The minimum atomic E-state index is 0.135. The van der Waals surface area contributed by atoms with Crippen molar-refractivity contribution >= 4 is 5.95 Å². The van der Waals surface area contributed by atoms with Crippen LogP contribution >= 0.6 is 0 Å². The normalized spacial score (nSPS) is 19.5. The minimum absolute atomic E-state index is 0.135. The molecule has 0 aliphatic carbocycles. The largest absolute Gasteiger partial charge is 0.475 e. The summed E-state index contributed by atoms with van der Waals surface area (Å²) in [6.07, 6.45) is 4.43. The van der Waals surface area contributed by atoms with E-state index >= 15 is 0 Å². The molecule has 0 saturated carbocycles. The summed E-state index contributed by atoms with van der Waals surface area (Å²) >= 11 is 0. The molecule has 106 valence electrons. The van der Waals surface area contributed by atoms with Crippen molar-refractivity contribution in [1.82, 2.24) is 15.3 Å². The van der Waals surface area contributed by atoms with Crippen molar-refractivity contribution < 1.29 is 4.74 Å². The molecule has 1 aromatic rings. The number of hydrogen-bond acceptors (Lipinski definition) is 5. The summed E-state index contributed by atoms with van der Waals surface area (Å²) in [5, 5.41) is 3.44. The fraction of sp³-hybridized carbons (Fsp3) is 0.714. The maximum Gasteiger partial charge on any atom is 0.228 e. The smallest absolute Gasteiger partial charge is 0.228 e. The number of aromatic nitrogens is 2. The Hall–Kier alpha value is -1.36. The van der Waals surface area contributed by atoms with E-state index in [2.05, 4.69) is 20.2 Å². The highest BCUT2D eigenvalue weighted by Gasteiger charge is 2.16. The van der Waals surface area contributed by atoms with Crippen molar-refractivity contribution in [3.05, 3.63) is 12.3 Å². The van der Waals surface area contributed by atoms with Gasteiger partial charge in [-0.15, -0.1) is 0 Å². The van der Waals surface area contributed by atoms with Gasteiger partial charge in [-0.1, -0.05) is 0 Å². The molecule has 1 fully saturated rings. The molecule has 1 saturated heterocycles. The van der Waals surface area contributed by atoms with Crippen molar-refractivity contribution in [3.63, 3.8) is 0 Å². The Morgan fingerprint density at radius 1 is 1.53 bits per heavy atom. The van der Waals surface area contributed by atoms with E-state index in [9.17, 15) is 0 Å². The van der Waals surface area contributed by atoms with Gasteiger partial charge >= 0.3 is 0 Å². The second kappa shape index (κ2) is 6.70. The van der Waals surface area contributed by atoms with Gasteiger partial charge in [0.2, 0.25) is 11.8 Å². The van der Waals surface area contributed by atoms with Crippen molar-refractivity contribution in [2.45, 2.75) is 32.8 Å². The molecule has 5 heteroatoms. The van der Waals surface area contributed by atoms with Crippen molar-refractivity contribution in [2.24, 2.45) is 5.92 Å². The number of nitrogens with one attached hydrogen (secondary N) is 1. The van der Waals surface area contributed by atoms with Crippen molar-refractivity contribution in [1.29, 1.82) is 0 Å². The third-order valence-electron chi connectivity index (χ3n) is 3.25. The maximum atomic E-state index is 5.60. The summed E-state index contributed by atoms with van der Waals surface area (Å²) in [6, 6.07) is 1.81. The highest BCUT2D eigenvalue weighted by molar-refractivity contribution is 5.30. The predicted molar refractivity (Wildman–Crippen MR) is 76.7 cm³/mol. The van der Waals surface area contributed by atoms with Crippen LogP contribution < -0.4 is 15.0 Å². The zero-order valence-electron chi connectivity index (χ0n) is 12.1. The lowest BCUT2D eigenvalue weighted by Gasteiger charge is -2.27. The number of rotatable bonds is 5. The molecular formula is C14H24N4O. The molecule has 0 aromatic carbocycles. The van der Waals surface area contributed by atoms with Gasteiger partial charge in [-0.05, 0) is 45.7 Å². The standard InChI is InChI=1S/C14H24N4O/c1-11(2)19-13-6-8-16-14(17-13)18(3)10-12-5-4-7-15-9-12/h6,8,11-12,15H,4-5,7,9-10H2,1-3H3. The number of nitrogens with zero attached hydrogens (tertiary/aromatic N) is 3. The first-order valence-electron chi connectivity index (χ1n) is 7.06. The first-order chi connectivity index (χ1) is 9.15. The Bertz CT molecular complexity index is 391. The average molecular weight is 264 g/mol. The quantitative estimate of drug-likeness (QED) is 0.877. The second-order valence-corrected chi connectivity index (χ2v) is 5.45. The first-order valence-corrected chi connectivity index (χ1v) is 7.06. The van der Waals surface area contributed by atoms with Crippen molar-refractivity contribution in [3.8, 4) is 5.88 Å². The van der Waals surface area contributed by atoms with Crippen LogP contribution in [0.25, 0.3) is 0 Å². The molecule has 1 N–H and O–H groups in total. The Kier molecular flexibility index (Phi) is 4.96. The zero-order chi connectivity index (χ0) is 13.7. The van der Waals surface area contributed by atoms with Crippen LogP contribution in [0, 0.1) is 5.92 Å². The summed E-state index contributed by atoms with van der Waals surface area (Å²) in [4.78, 5) is 10.9. The molecule has 1 aromatic heterocycles. The lowest BCUT2D eigenvalue weighted by Crippen LogP contribution is -2.37. The van der Waals surface area contributed by atoms with E-state index < -0.39 is 0 Å². The molecule has 0 bridgehead atoms. The molecule has 2 heterocycles. The van der Waals surface area contributed by atoms with Gasteiger partial charge in [-0.25, -0.2) is 4.98 Å². The molecular weight excluding hydrogens is 240 g/mol. The highest BCUT2D eigenvalue weighted by atomic mass is 16.5. The molecule has 0 spiro atoms. The van der Waals surface area contributed by atoms with Crippen LogP contribution in [0.4, 0.5) is 5.95 Å². The van der Waals surface area contributed by atoms with Gasteiger partial charge in [0.15, 0.2) is 0 Å². The second-order valence-electron chi connectivity index (χ2n) is 5.45. The average Bonchev–Trinajstić information content (AvgIpc) is 2.39. The summed E-state index contributed by atoms with van der Waals surface area (Å²) in [6.45, 7) is 7.22. The minimum Gasteiger partial charge on any atom is -0.475 e. The van der Waals surface area contributed by atoms with Crippen LogP contribution in [0.3, 0.4) is 0 Å². The fourth-order valence-electron chi connectivity index (χ4n) is 2.37. The third kappa shape index (κ3) is 4.35. The predicted octanol–water partition coefficient (Wildman–Crippen LogP) is 1.70. The Morgan fingerprint density at radius 2 is 2.37 bits per heavy atom. The molecule has 0 radical (unpaired) electrons. The first kappa shape index (κ1) is 14.1. The van der Waals surface area contributed by atoms with Crippen LogP contribution in [-0.2, 0) is 0 Å². The van der Waals surface area contributed by atoms with E-state index in [1.165, 1.54) is 12.8 Å². The van der Waals surface area contributed by atoms with Gasteiger partial charge in [0, 0.05) is 25.9 Å². The van der Waals surface area contributed by atoms with Gasteiger partial charge in [-0.3, -0.25) is 0 Å². The monoisotopic (exact) mass is 264 g/mol. The number of piperidine rings is 1. The van der Waals surface area contributed by atoms with Crippen molar-refractivity contribution in [2.75, 3.05) is 31.6 Å². The summed E-state index contributed by atoms with van der Waals surface area (Å²) < 4.78 is 5.60. The van der Waals surface area contributed by atoms with Crippen LogP contribution in [0.2, 0.25) is 0 Å². The molecule has 5 nitrogen and oxygen atoms in total. The lowest BCUT2D eigenvalue weighted by atomic mass is 9.99. The highest BCUT2D eigenvalue weighted by Crippen LogP contribution is 2.16. The number of anilines is 1. The molecule has 1 atom stereocenters. The Labute approximate surface area is 115 Å². The molecule has 1 aliphatic rings. The summed E-state index contributed by atoms with van der Waals surface area (Å²) in [7, 11) is 2.04. The number of hydrogen-bond donors (Lipinski definition) is 1. The number of ether oxygens (including phenoxy) is 1. The van der Waals surface area contributed by atoms with E-state index in [-0.39, 0.29) is 6.10 Å². The molecule has 19 heavy (non-hydrogen) atoms. The van der Waals surface area contributed by atoms with Crippen LogP contribution in [-0.4, -0.2) is 42.8 Å². The van der Waals surface area contributed by atoms with E-state index in [0.717, 1.165) is 25.6 Å². The van der Waals surface area contributed by atoms with Gasteiger partial charge in [-0.2, -0.15) is 4.98 Å². The fourth-order valence-corrected chi connectivity index (χ4v) is 2.37. The molecule has 2 rings (SSSR count). The zero-order valence-corrected chi connectivity index (χ0v) is 12.1.